The van der Waals surface area contributed by atoms with Crippen molar-refractivity contribution in [1.29, 1.82) is 0 Å². The second-order valence-electron chi connectivity index (χ2n) is 8.51. The number of hydrogen-bond donors (Lipinski definition) is 0. The average molecular weight is 422 g/mol. The molecule has 5 nitrogen and oxygen atoms in total. The Labute approximate surface area is 184 Å². The maximum atomic E-state index is 5.94. The molecule has 0 aliphatic carbocycles. The zero-order valence-corrected chi connectivity index (χ0v) is 19.2. The molecule has 1 aliphatic rings. The Morgan fingerprint density at radius 2 is 1.73 bits per heavy atom. The lowest BCUT2D eigenvalue weighted by Gasteiger charge is -2.34. The number of hydrogen-bond acceptors (Lipinski definition) is 4. The van der Waals surface area contributed by atoms with Crippen molar-refractivity contribution in [3.05, 3.63) is 64.4 Å². The molecule has 30 heavy (non-hydrogen) atoms. The van der Waals surface area contributed by atoms with Gasteiger partial charge in [-0.3, -0.25) is 9.47 Å². The van der Waals surface area contributed by atoms with Crippen LogP contribution in [0.15, 0.2) is 48.5 Å². The monoisotopic (exact) mass is 421 g/mol. The Kier molecular flexibility index (Phi) is 6.18. The Morgan fingerprint density at radius 3 is 2.40 bits per heavy atom. The summed E-state index contributed by atoms with van der Waals surface area (Å²) in [4.78, 5) is 4.80. The number of likely N-dealkylation sites (tertiary alicyclic amines) is 1. The molecule has 1 aromatic heterocycles. The van der Waals surface area contributed by atoms with Crippen LogP contribution >= 0.6 is 12.2 Å². The van der Waals surface area contributed by atoms with Gasteiger partial charge < -0.3 is 4.90 Å². The van der Waals surface area contributed by atoms with E-state index in [-0.39, 0.29) is 0 Å². The molecule has 4 rings (SSSR count). The molecule has 0 radical (unpaired) electrons. The summed E-state index contributed by atoms with van der Waals surface area (Å²) < 4.78 is 4.82. The first-order valence-corrected chi connectivity index (χ1v) is 11.1. The predicted octanol–water partition coefficient (Wildman–Crippen LogP) is 4.67. The summed E-state index contributed by atoms with van der Waals surface area (Å²) in [5, 5.41) is 4.98. The highest BCUT2D eigenvalue weighted by Crippen LogP contribution is 2.24. The zero-order chi connectivity index (χ0) is 21.3. The standard InChI is InChI=1S/C24H31N5S/c1-18-10-11-22(16-19(18)2)29-23(20-8-6-5-7-9-20)25-28(24(29)30)17-27(4)21-12-14-26(3)15-13-21/h5-11,16,21H,12-15,17H2,1-4H3. The summed E-state index contributed by atoms with van der Waals surface area (Å²) in [6, 6.07) is 17.4. The van der Waals surface area contributed by atoms with Crippen molar-refractivity contribution in [3.63, 3.8) is 0 Å². The minimum Gasteiger partial charge on any atom is -0.306 e. The van der Waals surface area contributed by atoms with E-state index in [4.69, 9.17) is 17.3 Å². The fraction of sp³-hybridized carbons (Fsp3) is 0.417. The van der Waals surface area contributed by atoms with Crippen LogP contribution in [0.1, 0.15) is 24.0 Å². The first kappa shape index (κ1) is 21.0. The van der Waals surface area contributed by atoms with Crippen LogP contribution in [-0.4, -0.2) is 57.4 Å². The van der Waals surface area contributed by atoms with Crippen LogP contribution < -0.4 is 0 Å². The highest BCUT2D eigenvalue weighted by atomic mass is 32.1. The molecule has 2 aromatic carbocycles. The van der Waals surface area contributed by atoms with Crippen LogP contribution in [0.25, 0.3) is 17.1 Å². The molecule has 1 fully saturated rings. The third-order valence-corrected chi connectivity index (χ3v) is 6.68. The van der Waals surface area contributed by atoms with Gasteiger partial charge in [0.2, 0.25) is 4.77 Å². The number of piperidine rings is 1. The van der Waals surface area contributed by atoms with Gasteiger partial charge in [0.05, 0.1) is 12.4 Å². The quantitative estimate of drug-likeness (QED) is 0.560. The normalized spacial score (nSPS) is 15.8. The zero-order valence-electron chi connectivity index (χ0n) is 18.4. The van der Waals surface area contributed by atoms with E-state index in [1.165, 1.54) is 24.0 Å². The number of aromatic nitrogens is 3. The molecule has 0 bridgehead atoms. The lowest BCUT2D eigenvalue weighted by molar-refractivity contribution is 0.113. The van der Waals surface area contributed by atoms with E-state index in [1.54, 1.807) is 0 Å². The third kappa shape index (κ3) is 4.26. The lowest BCUT2D eigenvalue weighted by Crippen LogP contribution is -2.42. The molecule has 0 N–H and O–H groups in total. The minimum atomic E-state index is 0.565. The van der Waals surface area contributed by atoms with Crippen molar-refractivity contribution >= 4 is 12.2 Å². The SMILES string of the molecule is Cc1ccc(-n2c(-c3ccccc3)nn(CN(C)C3CCN(C)CC3)c2=S)cc1C. The largest absolute Gasteiger partial charge is 0.306 e. The van der Waals surface area contributed by atoms with E-state index in [1.807, 2.05) is 22.9 Å². The first-order valence-electron chi connectivity index (χ1n) is 10.7. The summed E-state index contributed by atoms with van der Waals surface area (Å²) in [5.74, 6) is 0.889. The fourth-order valence-electron chi connectivity index (χ4n) is 4.13. The maximum absolute atomic E-state index is 5.94. The van der Waals surface area contributed by atoms with Gasteiger partial charge in [-0.25, -0.2) is 4.68 Å². The van der Waals surface area contributed by atoms with Crippen molar-refractivity contribution in [2.24, 2.45) is 0 Å². The highest BCUT2D eigenvalue weighted by Gasteiger charge is 2.22. The molecule has 2 heterocycles. The van der Waals surface area contributed by atoms with Crippen LogP contribution in [0.5, 0.6) is 0 Å². The molecule has 6 heteroatoms. The topological polar surface area (TPSA) is 29.2 Å². The molecular formula is C24H31N5S. The predicted molar refractivity (Wildman–Crippen MR) is 126 cm³/mol. The second kappa shape index (κ2) is 8.84. The van der Waals surface area contributed by atoms with Gasteiger partial charge in [0, 0.05) is 11.6 Å². The van der Waals surface area contributed by atoms with Gasteiger partial charge in [-0.05, 0) is 89.4 Å². The van der Waals surface area contributed by atoms with Crippen molar-refractivity contribution in [2.75, 3.05) is 27.2 Å². The Bertz CT molecular complexity index is 1060. The second-order valence-corrected chi connectivity index (χ2v) is 8.87. The molecule has 1 aliphatic heterocycles. The number of aryl methyl sites for hydroxylation is 2. The molecule has 158 valence electrons. The van der Waals surface area contributed by atoms with Gasteiger partial charge in [0.1, 0.15) is 0 Å². The molecule has 0 saturated carbocycles. The summed E-state index contributed by atoms with van der Waals surface area (Å²) >= 11 is 5.94. The van der Waals surface area contributed by atoms with Crippen LogP contribution in [0.4, 0.5) is 0 Å². The van der Waals surface area contributed by atoms with Gasteiger partial charge in [0.15, 0.2) is 5.82 Å². The Morgan fingerprint density at radius 1 is 1.03 bits per heavy atom. The minimum absolute atomic E-state index is 0.565. The summed E-state index contributed by atoms with van der Waals surface area (Å²) in [6.45, 7) is 7.27. The molecular weight excluding hydrogens is 390 g/mol. The molecule has 0 atom stereocenters. The van der Waals surface area contributed by atoms with E-state index in [0.29, 0.717) is 12.7 Å². The third-order valence-electron chi connectivity index (χ3n) is 6.29. The maximum Gasteiger partial charge on any atom is 0.204 e. The molecule has 1 saturated heterocycles. The lowest BCUT2D eigenvalue weighted by atomic mass is 10.0. The highest BCUT2D eigenvalue weighted by molar-refractivity contribution is 7.71. The Hall–Kier alpha value is -2.28. The van der Waals surface area contributed by atoms with E-state index in [2.05, 4.69) is 72.6 Å². The average Bonchev–Trinajstić information content (AvgIpc) is 3.07. The van der Waals surface area contributed by atoms with Gasteiger partial charge in [0.25, 0.3) is 0 Å². The number of benzene rings is 2. The van der Waals surface area contributed by atoms with Crippen molar-refractivity contribution < 1.29 is 0 Å². The van der Waals surface area contributed by atoms with E-state index >= 15 is 0 Å². The van der Waals surface area contributed by atoms with Gasteiger partial charge in [-0.15, -0.1) is 5.10 Å². The number of nitrogens with zero attached hydrogens (tertiary/aromatic N) is 5. The van der Waals surface area contributed by atoms with Crippen LogP contribution in [0.2, 0.25) is 0 Å². The van der Waals surface area contributed by atoms with Gasteiger partial charge in [-0.1, -0.05) is 36.4 Å². The fourth-order valence-corrected chi connectivity index (χ4v) is 4.42. The summed E-state index contributed by atoms with van der Waals surface area (Å²) in [5.41, 5.74) is 4.67. The van der Waals surface area contributed by atoms with Gasteiger partial charge >= 0.3 is 0 Å². The first-order chi connectivity index (χ1) is 14.4. The van der Waals surface area contributed by atoms with Crippen molar-refractivity contribution in [2.45, 2.75) is 39.4 Å². The molecule has 0 unspecified atom stereocenters. The smallest absolute Gasteiger partial charge is 0.204 e. The molecule has 0 amide bonds. The van der Waals surface area contributed by atoms with Crippen molar-refractivity contribution in [1.82, 2.24) is 24.1 Å². The van der Waals surface area contributed by atoms with E-state index in [0.717, 1.165) is 34.9 Å². The van der Waals surface area contributed by atoms with Crippen LogP contribution in [0, 0.1) is 18.6 Å². The van der Waals surface area contributed by atoms with E-state index in [9.17, 15) is 0 Å². The molecule has 3 aromatic rings. The van der Waals surface area contributed by atoms with Crippen LogP contribution in [0.3, 0.4) is 0 Å². The van der Waals surface area contributed by atoms with E-state index < -0.39 is 0 Å². The Balaban J connectivity index is 1.73. The summed E-state index contributed by atoms with van der Waals surface area (Å²) in [7, 11) is 4.39. The van der Waals surface area contributed by atoms with Crippen molar-refractivity contribution in [3.8, 4) is 17.1 Å². The number of rotatable bonds is 5. The van der Waals surface area contributed by atoms with Gasteiger partial charge in [-0.2, -0.15) is 0 Å². The van der Waals surface area contributed by atoms with Crippen LogP contribution in [-0.2, 0) is 6.67 Å². The summed E-state index contributed by atoms with van der Waals surface area (Å²) in [6.07, 6.45) is 2.37. The molecule has 0 spiro atoms.